The van der Waals surface area contributed by atoms with Gasteiger partial charge in [0.25, 0.3) is 5.69 Å². The van der Waals surface area contributed by atoms with Gasteiger partial charge in [0.05, 0.1) is 24.7 Å². The Morgan fingerprint density at radius 1 is 1.32 bits per heavy atom. The summed E-state index contributed by atoms with van der Waals surface area (Å²) in [6.07, 6.45) is 0.676. The molecule has 1 atom stereocenters. The molecule has 0 fully saturated rings. The molecule has 8 heteroatoms. The first-order valence-corrected chi connectivity index (χ1v) is 7.98. The summed E-state index contributed by atoms with van der Waals surface area (Å²) in [5.41, 5.74) is -0.207. The molecule has 1 rings (SSSR count). The van der Waals surface area contributed by atoms with Crippen molar-refractivity contribution in [2.45, 2.75) is 39.7 Å². The van der Waals surface area contributed by atoms with Gasteiger partial charge >= 0.3 is 6.09 Å². The van der Waals surface area contributed by atoms with Gasteiger partial charge in [0.2, 0.25) is 0 Å². The number of ether oxygens (including phenoxy) is 3. The van der Waals surface area contributed by atoms with E-state index in [1.807, 2.05) is 0 Å². The van der Waals surface area contributed by atoms with Crippen molar-refractivity contribution in [3.63, 3.8) is 0 Å². The molecule has 140 valence electrons. The van der Waals surface area contributed by atoms with Gasteiger partial charge in [-0.1, -0.05) is 20.8 Å². The van der Waals surface area contributed by atoms with Crippen LogP contribution in [0.15, 0.2) is 18.2 Å². The minimum atomic E-state index is -0.749. The van der Waals surface area contributed by atoms with Gasteiger partial charge in [-0.3, -0.25) is 15.4 Å². The maximum atomic E-state index is 11.9. The summed E-state index contributed by atoms with van der Waals surface area (Å²) in [4.78, 5) is 22.3. The van der Waals surface area contributed by atoms with Crippen molar-refractivity contribution < 1.29 is 23.9 Å². The highest BCUT2D eigenvalue weighted by Gasteiger charge is 2.24. The zero-order valence-electron chi connectivity index (χ0n) is 15.3. The highest BCUT2D eigenvalue weighted by Crippen LogP contribution is 2.29. The van der Waals surface area contributed by atoms with E-state index in [-0.39, 0.29) is 29.5 Å². The van der Waals surface area contributed by atoms with Gasteiger partial charge in [-0.25, -0.2) is 4.79 Å². The first-order chi connectivity index (χ1) is 11.7. The van der Waals surface area contributed by atoms with Crippen LogP contribution in [0.3, 0.4) is 0 Å². The molecule has 0 spiro atoms. The Labute approximate surface area is 147 Å². The Bertz CT molecular complexity index is 597. The van der Waals surface area contributed by atoms with Gasteiger partial charge in [-0.05, 0) is 24.3 Å². The second kappa shape index (κ2) is 9.22. The summed E-state index contributed by atoms with van der Waals surface area (Å²) in [6.45, 7) is 6.43. The first-order valence-electron chi connectivity index (χ1n) is 7.98. The van der Waals surface area contributed by atoms with Crippen LogP contribution >= 0.6 is 0 Å². The fourth-order valence-electron chi connectivity index (χ4n) is 2.39. The van der Waals surface area contributed by atoms with E-state index in [2.05, 4.69) is 26.1 Å². The van der Waals surface area contributed by atoms with Gasteiger partial charge in [-0.15, -0.1) is 0 Å². The molecule has 0 bridgehead atoms. The highest BCUT2D eigenvalue weighted by atomic mass is 16.6. The van der Waals surface area contributed by atoms with Crippen LogP contribution in [0.25, 0.3) is 0 Å². The molecular formula is C17H26N2O6. The number of anilines is 1. The molecule has 0 radical (unpaired) electrons. The fraction of sp³-hybridized carbons (Fsp3) is 0.588. The first kappa shape index (κ1) is 20.7. The molecule has 25 heavy (non-hydrogen) atoms. The van der Waals surface area contributed by atoms with E-state index in [9.17, 15) is 14.9 Å². The number of carbonyl (C=O) groups excluding carboxylic acids is 1. The van der Waals surface area contributed by atoms with Crippen LogP contribution in [0.5, 0.6) is 5.75 Å². The number of carbonyl (C=O) groups is 1. The standard InChI is InChI=1S/C17H26N2O6/c1-17(2,3)15(24-5)7-6-10-25-16(20)18-13-11-12(23-4)8-9-14(13)19(21)22/h8-9,11,15H,6-7,10H2,1-5H3,(H,18,20). The van der Waals surface area contributed by atoms with Crippen molar-refractivity contribution in [1.29, 1.82) is 0 Å². The zero-order chi connectivity index (χ0) is 19.0. The van der Waals surface area contributed by atoms with Crippen LogP contribution in [-0.2, 0) is 9.47 Å². The smallest absolute Gasteiger partial charge is 0.411 e. The number of hydrogen-bond acceptors (Lipinski definition) is 6. The molecule has 0 aliphatic rings. The second-order valence-corrected chi connectivity index (χ2v) is 6.63. The summed E-state index contributed by atoms with van der Waals surface area (Å²) in [5, 5.41) is 13.4. The van der Waals surface area contributed by atoms with Crippen LogP contribution in [0.1, 0.15) is 33.6 Å². The third-order valence-corrected chi connectivity index (χ3v) is 3.73. The minimum Gasteiger partial charge on any atom is -0.497 e. The number of nitro benzene ring substituents is 1. The van der Waals surface area contributed by atoms with Crippen LogP contribution in [0.4, 0.5) is 16.2 Å². The quantitative estimate of drug-likeness (QED) is 0.430. The van der Waals surface area contributed by atoms with E-state index in [0.29, 0.717) is 12.2 Å². The molecule has 1 unspecified atom stereocenters. The average molecular weight is 354 g/mol. The number of nitro groups is 1. The molecule has 1 amide bonds. The van der Waals surface area contributed by atoms with Gasteiger partial charge in [0.15, 0.2) is 0 Å². The van der Waals surface area contributed by atoms with Crippen molar-refractivity contribution >= 4 is 17.5 Å². The van der Waals surface area contributed by atoms with E-state index in [4.69, 9.17) is 14.2 Å². The topological polar surface area (TPSA) is 99.9 Å². The van der Waals surface area contributed by atoms with Crippen molar-refractivity contribution in [1.82, 2.24) is 0 Å². The molecule has 1 N–H and O–H groups in total. The molecule has 0 saturated carbocycles. The van der Waals surface area contributed by atoms with Crippen LogP contribution in [0, 0.1) is 15.5 Å². The predicted octanol–water partition coefficient (Wildman–Crippen LogP) is 3.99. The summed E-state index contributed by atoms with van der Waals surface area (Å²) in [6, 6.07) is 4.09. The number of nitrogens with zero attached hydrogens (tertiary/aromatic N) is 1. The van der Waals surface area contributed by atoms with Gasteiger partial charge in [0, 0.05) is 19.2 Å². The number of rotatable bonds is 8. The summed E-state index contributed by atoms with van der Waals surface area (Å²) in [7, 11) is 3.09. The summed E-state index contributed by atoms with van der Waals surface area (Å²) in [5.74, 6) is 0.397. The third kappa shape index (κ3) is 6.58. The number of nitrogens with one attached hydrogen (secondary N) is 1. The predicted molar refractivity (Wildman–Crippen MR) is 94.1 cm³/mol. The Hall–Kier alpha value is -2.35. The monoisotopic (exact) mass is 354 g/mol. The molecule has 0 heterocycles. The molecule has 0 saturated heterocycles. The lowest BCUT2D eigenvalue weighted by atomic mass is 9.86. The van der Waals surface area contributed by atoms with E-state index >= 15 is 0 Å². The van der Waals surface area contributed by atoms with Crippen LogP contribution in [0.2, 0.25) is 0 Å². The number of amides is 1. The Morgan fingerprint density at radius 2 is 2.00 bits per heavy atom. The largest absolute Gasteiger partial charge is 0.497 e. The van der Waals surface area contributed by atoms with E-state index in [1.54, 1.807) is 7.11 Å². The lowest BCUT2D eigenvalue weighted by Gasteiger charge is -2.29. The van der Waals surface area contributed by atoms with Crippen molar-refractivity contribution in [3.05, 3.63) is 28.3 Å². The second-order valence-electron chi connectivity index (χ2n) is 6.63. The molecule has 1 aromatic rings. The summed E-state index contributed by atoms with van der Waals surface area (Å²) < 4.78 is 15.5. The number of benzene rings is 1. The lowest BCUT2D eigenvalue weighted by Crippen LogP contribution is -2.28. The highest BCUT2D eigenvalue weighted by molar-refractivity contribution is 5.88. The molecule has 0 aliphatic carbocycles. The van der Waals surface area contributed by atoms with Gasteiger partial charge < -0.3 is 14.2 Å². The Balaban J connectivity index is 2.56. The molecule has 0 aromatic heterocycles. The SMILES string of the molecule is COc1ccc([N+](=O)[O-])c(NC(=O)OCCCC(OC)C(C)(C)C)c1. The minimum absolute atomic E-state index is 0.00177. The van der Waals surface area contributed by atoms with Crippen LogP contribution < -0.4 is 10.1 Å². The van der Waals surface area contributed by atoms with E-state index < -0.39 is 11.0 Å². The lowest BCUT2D eigenvalue weighted by molar-refractivity contribution is -0.383. The normalized spacial score (nSPS) is 12.4. The van der Waals surface area contributed by atoms with Crippen molar-refractivity contribution in [2.75, 3.05) is 26.1 Å². The van der Waals surface area contributed by atoms with E-state index in [1.165, 1.54) is 25.3 Å². The molecule has 0 aliphatic heterocycles. The number of methoxy groups -OCH3 is 2. The van der Waals surface area contributed by atoms with Crippen molar-refractivity contribution in [2.24, 2.45) is 5.41 Å². The molecule has 1 aromatic carbocycles. The number of hydrogen-bond donors (Lipinski definition) is 1. The van der Waals surface area contributed by atoms with E-state index in [0.717, 1.165) is 6.42 Å². The summed E-state index contributed by atoms with van der Waals surface area (Å²) >= 11 is 0. The fourth-order valence-corrected chi connectivity index (χ4v) is 2.39. The molecular weight excluding hydrogens is 328 g/mol. The third-order valence-electron chi connectivity index (χ3n) is 3.73. The molecule has 8 nitrogen and oxygen atoms in total. The maximum absolute atomic E-state index is 11.9. The van der Waals surface area contributed by atoms with Gasteiger partial charge in [0.1, 0.15) is 11.4 Å². The van der Waals surface area contributed by atoms with Crippen LogP contribution in [-0.4, -0.2) is 37.9 Å². The Morgan fingerprint density at radius 3 is 2.52 bits per heavy atom. The Kier molecular flexibility index (Phi) is 7.63. The average Bonchev–Trinajstić information content (AvgIpc) is 2.53. The maximum Gasteiger partial charge on any atom is 0.411 e. The van der Waals surface area contributed by atoms with Gasteiger partial charge in [-0.2, -0.15) is 0 Å². The van der Waals surface area contributed by atoms with Crippen molar-refractivity contribution in [3.8, 4) is 5.75 Å². The zero-order valence-corrected chi connectivity index (χ0v) is 15.3.